The third-order valence-electron chi connectivity index (χ3n) is 5.26. The maximum absolute atomic E-state index is 12.5. The molecular weight excluding hydrogens is 288 g/mol. The number of benzene rings is 1. The first-order chi connectivity index (χ1) is 11.3. The Balaban J connectivity index is 1.34. The highest BCUT2D eigenvalue weighted by Crippen LogP contribution is 2.25. The van der Waals surface area contributed by atoms with Gasteiger partial charge in [0.15, 0.2) is 0 Å². The number of aromatic nitrogens is 2. The summed E-state index contributed by atoms with van der Waals surface area (Å²) >= 11 is 0. The lowest BCUT2D eigenvalue weighted by Gasteiger charge is -2.41. The Morgan fingerprint density at radius 2 is 2.22 bits per heavy atom. The zero-order chi connectivity index (χ0) is 15.6. The predicted molar refractivity (Wildman–Crippen MR) is 90.1 cm³/mol. The second-order valence-electron chi connectivity index (χ2n) is 6.79. The molecule has 2 N–H and O–H groups in total. The first-order valence-electron chi connectivity index (χ1n) is 8.74. The third-order valence-corrected chi connectivity index (χ3v) is 5.26. The van der Waals surface area contributed by atoms with E-state index in [1.54, 1.807) is 0 Å². The second kappa shape index (κ2) is 6.32. The van der Waals surface area contributed by atoms with Crippen LogP contribution < -0.4 is 5.32 Å². The van der Waals surface area contributed by atoms with Gasteiger partial charge in [-0.3, -0.25) is 4.79 Å². The second-order valence-corrected chi connectivity index (χ2v) is 6.79. The van der Waals surface area contributed by atoms with E-state index in [9.17, 15) is 4.79 Å². The number of fused-ring (bicyclic) bond motifs is 2. The van der Waals surface area contributed by atoms with Crippen LogP contribution in [0.3, 0.4) is 0 Å². The fraction of sp³-hybridized carbons (Fsp3) is 0.556. The zero-order valence-corrected chi connectivity index (χ0v) is 13.4. The summed E-state index contributed by atoms with van der Waals surface area (Å²) in [4.78, 5) is 22.5. The number of nitrogens with one attached hydrogen (secondary N) is 2. The summed E-state index contributed by atoms with van der Waals surface area (Å²) < 4.78 is 0. The number of amides is 1. The molecule has 3 heterocycles. The van der Waals surface area contributed by atoms with Crippen molar-refractivity contribution in [2.75, 3.05) is 19.6 Å². The minimum absolute atomic E-state index is 0.273. The topological polar surface area (TPSA) is 61.0 Å². The molecule has 2 saturated heterocycles. The quantitative estimate of drug-likeness (QED) is 0.912. The maximum atomic E-state index is 12.5. The molecule has 2 aliphatic rings. The summed E-state index contributed by atoms with van der Waals surface area (Å²) in [5.41, 5.74) is 2.02. The van der Waals surface area contributed by atoms with Crippen LogP contribution in [0, 0.1) is 5.92 Å². The fourth-order valence-electron chi connectivity index (χ4n) is 3.98. The van der Waals surface area contributed by atoms with Crippen molar-refractivity contribution in [1.29, 1.82) is 0 Å². The van der Waals surface area contributed by atoms with Gasteiger partial charge in [-0.25, -0.2) is 4.98 Å². The number of hydrogen-bond donors (Lipinski definition) is 2. The molecule has 2 atom stereocenters. The van der Waals surface area contributed by atoms with Gasteiger partial charge in [0, 0.05) is 32.0 Å². The fourth-order valence-corrected chi connectivity index (χ4v) is 3.98. The molecule has 0 saturated carbocycles. The molecule has 0 unspecified atom stereocenters. The molecule has 2 fully saturated rings. The van der Waals surface area contributed by atoms with E-state index in [1.165, 1.54) is 12.8 Å². The van der Waals surface area contributed by atoms with Crippen LogP contribution in [0.5, 0.6) is 0 Å². The number of para-hydroxylation sites is 2. The lowest BCUT2D eigenvalue weighted by molar-refractivity contribution is -0.133. The molecule has 0 spiro atoms. The molecule has 4 rings (SSSR count). The molecule has 0 bridgehead atoms. The van der Waals surface area contributed by atoms with Crippen LogP contribution in [0.1, 0.15) is 31.5 Å². The van der Waals surface area contributed by atoms with E-state index in [-0.39, 0.29) is 5.91 Å². The zero-order valence-electron chi connectivity index (χ0n) is 13.4. The van der Waals surface area contributed by atoms with E-state index in [4.69, 9.17) is 0 Å². The SMILES string of the molecule is O=C(CCc1nc2ccccc2[nH]1)N1CC[C@@H]2NCCC[C@@H]2C1. The van der Waals surface area contributed by atoms with Gasteiger partial charge in [0.1, 0.15) is 5.82 Å². The van der Waals surface area contributed by atoms with Crippen LogP contribution in [-0.2, 0) is 11.2 Å². The molecule has 122 valence electrons. The lowest BCUT2D eigenvalue weighted by atomic mass is 9.85. The number of carbonyl (C=O) groups is 1. The molecule has 1 amide bonds. The standard InChI is InChI=1S/C18H24N4O/c23-18(22-11-9-14-13(12-22)4-3-10-19-14)8-7-17-20-15-5-1-2-6-16(15)21-17/h1-2,5-6,13-14,19H,3-4,7-12H2,(H,20,21)/t13-,14+/m1/s1. The van der Waals surface area contributed by atoms with Crippen molar-refractivity contribution in [3.8, 4) is 0 Å². The lowest BCUT2D eigenvalue weighted by Crippen LogP contribution is -2.53. The van der Waals surface area contributed by atoms with E-state index < -0.39 is 0 Å². The molecule has 1 aromatic heterocycles. The Labute approximate surface area is 136 Å². The number of likely N-dealkylation sites (tertiary alicyclic amines) is 1. The number of aromatic amines is 1. The summed E-state index contributed by atoms with van der Waals surface area (Å²) in [6.07, 6.45) is 4.83. The number of rotatable bonds is 3. The van der Waals surface area contributed by atoms with E-state index in [0.29, 0.717) is 24.8 Å². The molecule has 0 aliphatic carbocycles. The average Bonchev–Trinajstić information content (AvgIpc) is 3.02. The Bertz CT molecular complexity index is 662. The normalized spacial score (nSPS) is 24.6. The van der Waals surface area contributed by atoms with Crippen LogP contribution in [-0.4, -0.2) is 46.5 Å². The molecule has 23 heavy (non-hydrogen) atoms. The number of H-pyrrole nitrogens is 1. The highest BCUT2D eigenvalue weighted by atomic mass is 16.2. The van der Waals surface area contributed by atoms with Gasteiger partial charge in [-0.1, -0.05) is 12.1 Å². The summed E-state index contributed by atoms with van der Waals surface area (Å²) in [7, 11) is 0. The minimum Gasteiger partial charge on any atom is -0.342 e. The van der Waals surface area contributed by atoms with Crippen molar-refractivity contribution >= 4 is 16.9 Å². The van der Waals surface area contributed by atoms with Crippen LogP contribution in [0.2, 0.25) is 0 Å². The van der Waals surface area contributed by atoms with Crippen molar-refractivity contribution in [1.82, 2.24) is 20.2 Å². The van der Waals surface area contributed by atoms with Gasteiger partial charge < -0.3 is 15.2 Å². The Morgan fingerprint density at radius 1 is 1.30 bits per heavy atom. The van der Waals surface area contributed by atoms with Crippen molar-refractivity contribution in [3.63, 3.8) is 0 Å². The van der Waals surface area contributed by atoms with Crippen molar-refractivity contribution < 1.29 is 4.79 Å². The molecule has 5 nitrogen and oxygen atoms in total. The highest BCUT2D eigenvalue weighted by Gasteiger charge is 2.32. The maximum Gasteiger partial charge on any atom is 0.223 e. The molecular formula is C18H24N4O. The van der Waals surface area contributed by atoms with Gasteiger partial charge >= 0.3 is 0 Å². The molecule has 5 heteroatoms. The number of carbonyl (C=O) groups excluding carboxylic acids is 1. The third kappa shape index (κ3) is 3.11. The summed E-state index contributed by atoms with van der Waals surface area (Å²) in [6.45, 7) is 2.96. The monoisotopic (exact) mass is 312 g/mol. The average molecular weight is 312 g/mol. The molecule has 0 radical (unpaired) electrons. The van der Waals surface area contributed by atoms with Gasteiger partial charge in [-0.15, -0.1) is 0 Å². The number of hydrogen-bond acceptors (Lipinski definition) is 3. The van der Waals surface area contributed by atoms with E-state index in [1.807, 2.05) is 24.3 Å². The minimum atomic E-state index is 0.273. The largest absolute Gasteiger partial charge is 0.342 e. The number of piperidine rings is 2. The van der Waals surface area contributed by atoms with Crippen LogP contribution in [0.15, 0.2) is 24.3 Å². The van der Waals surface area contributed by atoms with Gasteiger partial charge in [0.2, 0.25) is 5.91 Å². The van der Waals surface area contributed by atoms with Crippen molar-refractivity contribution in [2.24, 2.45) is 5.92 Å². The van der Waals surface area contributed by atoms with Gasteiger partial charge in [-0.2, -0.15) is 0 Å². The van der Waals surface area contributed by atoms with Crippen LogP contribution in [0.25, 0.3) is 11.0 Å². The number of nitrogens with zero attached hydrogens (tertiary/aromatic N) is 2. The summed E-state index contributed by atoms with van der Waals surface area (Å²) in [5.74, 6) is 1.83. The van der Waals surface area contributed by atoms with Gasteiger partial charge in [0.05, 0.1) is 11.0 Å². The van der Waals surface area contributed by atoms with Crippen LogP contribution >= 0.6 is 0 Å². The van der Waals surface area contributed by atoms with Crippen LogP contribution in [0.4, 0.5) is 0 Å². The molecule has 1 aromatic carbocycles. The van der Waals surface area contributed by atoms with Crippen molar-refractivity contribution in [3.05, 3.63) is 30.1 Å². The molecule has 2 aromatic rings. The van der Waals surface area contributed by atoms with Crippen molar-refractivity contribution in [2.45, 2.75) is 38.1 Å². The van der Waals surface area contributed by atoms with Gasteiger partial charge in [-0.05, 0) is 43.9 Å². The smallest absolute Gasteiger partial charge is 0.223 e. The first-order valence-corrected chi connectivity index (χ1v) is 8.74. The molecule has 2 aliphatic heterocycles. The predicted octanol–water partition coefficient (Wildman–Crippen LogP) is 2.10. The van der Waals surface area contributed by atoms with E-state index in [0.717, 1.165) is 42.9 Å². The van der Waals surface area contributed by atoms with Gasteiger partial charge in [0.25, 0.3) is 0 Å². The first kappa shape index (κ1) is 14.7. The van der Waals surface area contributed by atoms with E-state index in [2.05, 4.69) is 20.2 Å². The number of imidazole rings is 1. The van der Waals surface area contributed by atoms with E-state index >= 15 is 0 Å². The summed E-state index contributed by atoms with van der Waals surface area (Å²) in [5, 5.41) is 3.60. The Morgan fingerprint density at radius 3 is 3.13 bits per heavy atom. The Kier molecular flexibility index (Phi) is 4.04. The number of aryl methyl sites for hydroxylation is 1. The Hall–Kier alpha value is -1.88. The highest BCUT2D eigenvalue weighted by molar-refractivity contribution is 5.77. The summed E-state index contributed by atoms with van der Waals surface area (Å²) in [6, 6.07) is 8.63.